The number of nitrogens with zero attached hydrogens (tertiary/aromatic N) is 1. The first-order valence-corrected chi connectivity index (χ1v) is 7.21. The molecule has 2 saturated carbocycles. The van der Waals surface area contributed by atoms with Crippen molar-refractivity contribution in [2.24, 2.45) is 5.73 Å². The van der Waals surface area contributed by atoms with Crippen LogP contribution in [0.1, 0.15) is 51.4 Å². The number of nitrogens with two attached hydrogens (primary N) is 1. The third kappa shape index (κ3) is 3.43. The van der Waals surface area contributed by atoms with Gasteiger partial charge in [0, 0.05) is 25.2 Å². The minimum atomic E-state index is 0.462. The zero-order valence-corrected chi connectivity index (χ0v) is 11.4. The Morgan fingerprint density at radius 2 is 1.35 bits per heavy atom. The summed E-state index contributed by atoms with van der Waals surface area (Å²) in [7, 11) is 4.16. The first-order valence-electron chi connectivity index (χ1n) is 7.21. The van der Waals surface area contributed by atoms with Crippen molar-refractivity contribution in [1.82, 2.24) is 4.90 Å². The van der Waals surface area contributed by atoms with Crippen molar-refractivity contribution < 1.29 is 4.74 Å². The van der Waals surface area contributed by atoms with Crippen LogP contribution in [-0.2, 0) is 4.74 Å². The lowest BCUT2D eigenvalue weighted by molar-refractivity contribution is 0.0290. The Morgan fingerprint density at radius 3 is 1.82 bits per heavy atom. The second kappa shape index (κ2) is 6.17. The predicted octanol–water partition coefficient (Wildman–Crippen LogP) is 2.15. The van der Waals surface area contributed by atoms with E-state index in [1.165, 1.54) is 51.4 Å². The van der Waals surface area contributed by atoms with E-state index in [0.717, 1.165) is 12.1 Å². The molecule has 0 heterocycles. The average molecular weight is 240 g/mol. The summed E-state index contributed by atoms with van der Waals surface area (Å²) in [6, 6.07) is 2.02. The highest BCUT2D eigenvalue weighted by molar-refractivity contribution is 4.86. The molecule has 0 spiro atoms. The van der Waals surface area contributed by atoms with Crippen molar-refractivity contribution in [3.05, 3.63) is 0 Å². The van der Waals surface area contributed by atoms with Crippen molar-refractivity contribution >= 4 is 0 Å². The van der Waals surface area contributed by atoms with Crippen LogP contribution in [0.15, 0.2) is 0 Å². The molecule has 100 valence electrons. The SMILES string of the molecule is COC1CCC(N(C)C2CCC(N)CC2)CC1. The summed E-state index contributed by atoms with van der Waals surface area (Å²) < 4.78 is 5.44. The smallest absolute Gasteiger partial charge is 0.0572 e. The molecule has 0 amide bonds. The summed E-state index contributed by atoms with van der Waals surface area (Å²) in [5.41, 5.74) is 5.98. The highest BCUT2D eigenvalue weighted by Gasteiger charge is 2.29. The number of hydrogen-bond donors (Lipinski definition) is 1. The van der Waals surface area contributed by atoms with Crippen molar-refractivity contribution in [3.63, 3.8) is 0 Å². The van der Waals surface area contributed by atoms with E-state index in [-0.39, 0.29) is 0 Å². The Bertz CT molecular complexity index is 218. The van der Waals surface area contributed by atoms with Crippen LogP contribution < -0.4 is 5.73 Å². The molecule has 2 fully saturated rings. The van der Waals surface area contributed by atoms with Gasteiger partial charge in [-0.15, -0.1) is 0 Å². The number of methoxy groups -OCH3 is 1. The monoisotopic (exact) mass is 240 g/mol. The van der Waals surface area contributed by atoms with E-state index in [9.17, 15) is 0 Å². The van der Waals surface area contributed by atoms with Gasteiger partial charge in [-0.3, -0.25) is 0 Å². The van der Waals surface area contributed by atoms with Gasteiger partial charge >= 0.3 is 0 Å². The quantitative estimate of drug-likeness (QED) is 0.821. The van der Waals surface area contributed by atoms with Gasteiger partial charge in [-0.1, -0.05) is 0 Å². The third-order valence-electron chi connectivity index (χ3n) is 4.87. The molecule has 0 bridgehead atoms. The maximum atomic E-state index is 5.98. The van der Waals surface area contributed by atoms with Gasteiger partial charge in [0.05, 0.1) is 6.10 Å². The number of rotatable bonds is 3. The molecule has 0 atom stereocenters. The van der Waals surface area contributed by atoms with E-state index < -0.39 is 0 Å². The molecule has 0 radical (unpaired) electrons. The molecule has 17 heavy (non-hydrogen) atoms. The second-order valence-corrected chi connectivity index (χ2v) is 5.90. The molecular weight excluding hydrogens is 212 g/mol. The molecule has 3 heteroatoms. The fraction of sp³-hybridized carbons (Fsp3) is 1.00. The minimum absolute atomic E-state index is 0.462. The Morgan fingerprint density at radius 1 is 0.882 bits per heavy atom. The summed E-state index contributed by atoms with van der Waals surface area (Å²) in [5.74, 6) is 0. The summed E-state index contributed by atoms with van der Waals surface area (Å²) >= 11 is 0. The first kappa shape index (κ1) is 13.3. The molecule has 3 nitrogen and oxygen atoms in total. The molecule has 2 N–H and O–H groups in total. The number of ether oxygens (including phenoxy) is 1. The van der Waals surface area contributed by atoms with Gasteiger partial charge in [0.2, 0.25) is 0 Å². The van der Waals surface area contributed by atoms with Crippen LogP contribution in [0.5, 0.6) is 0 Å². The van der Waals surface area contributed by atoms with Crippen molar-refractivity contribution in [2.45, 2.75) is 75.6 Å². The lowest BCUT2D eigenvalue weighted by Gasteiger charge is -2.41. The zero-order chi connectivity index (χ0) is 12.3. The number of hydrogen-bond acceptors (Lipinski definition) is 3. The Hall–Kier alpha value is -0.120. The fourth-order valence-corrected chi connectivity index (χ4v) is 3.50. The Labute approximate surface area is 106 Å². The van der Waals surface area contributed by atoms with E-state index in [1.54, 1.807) is 0 Å². The summed E-state index contributed by atoms with van der Waals surface area (Å²) in [6.07, 6.45) is 10.6. The van der Waals surface area contributed by atoms with Crippen molar-refractivity contribution in [2.75, 3.05) is 14.2 Å². The summed E-state index contributed by atoms with van der Waals surface area (Å²) in [6.45, 7) is 0. The lowest BCUT2D eigenvalue weighted by Crippen LogP contribution is -2.45. The summed E-state index contributed by atoms with van der Waals surface area (Å²) in [4.78, 5) is 2.64. The van der Waals surface area contributed by atoms with Gasteiger partial charge < -0.3 is 15.4 Å². The van der Waals surface area contributed by atoms with Crippen molar-refractivity contribution in [3.8, 4) is 0 Å². The van der Waals surface area contributed by atoms with Gasteiger partial charge in [0.1, 0.15) is 0 Å². The van der Waals surface area contributed by atoms with Crippen LogP contribution in [0.4, 0.5) is 0 Å². The van der Waals surface area contributed by atoms with Crippen LogP contribution in [0, 0.1) is 0 Å². The standard InChI is InChI=1S/C14H28N2O/c1-16(12-5-3-11(15)4-6-12)13-7-9-14(17-2)10-8-13/h11-14H,3-10,15H2,1-2H3. The molecule has 2 rings (SSSR count). The maximum absolute atomic E-state index is 5.98. The maximum Gasteiger partial charge on any atom is 0.0572 e. The van der Waals surface area contributed by atoms with E-state index in [0.29, 0.717) is 12.1 Å². The third-order valence-corrected chi connectivity index (χ3v) is 4.87. The van der Waals surface area contributed by atoms with Crippen molar-refractivity contribution in [1.29, 1.82) is 0 Å². The predicted molar refractivity (Wildman–Crippen MR) is 71.0 cm³/mol. The van der Waals surface area contributed by atoms with Crippen LogP contribution in [0.3, 0.4) is 0 Å². The highest BCUT2D eigenvalue weighted by Crippen LogP contribution is 2.29. The van der Waals surface area contributed by atoms with Gasteiger partial charge in [-0.05, 0) is 58.4 Å². The molecule has 2 aliphatic carbocycles. The normalized spacial score (nSPS) is 39.5. The average Bonchev–Trinajstić information content (AvgIpc) is 2.39. The van der Waals surface area contributed by atoms with Crippen LogP contribution >= 0.6 is 0 Å². The molecule has 2 aliphatic rings. The molecule has 0 aromatic heterocycles. The van der Waals surface area contributed by atoms with E-state index in [2.05, 4.69) is 11.9 Å². The van der Waals surface area contributed by atoms with E-state index in [1.807, 2.05) is 7.11 Å². The van der Waals surface area contributed by atoms with Crippen LogP contribution in [-0.4, -0.2) is 43.3 Å². The molecular formula is C14H28N2O. The lowest BCUT2D eigenvalue weighted by atomic mass is 9.87. The molecule has 0 aromatic rings. The molecule has 0 unspecified atom stereocenters. The Kier molecular flexibility index (Phi) is 4.83. The largest absolute Gasteiger partial charge is 0.381 e. The molecule has 0 aliphatic heterocycles. The topological polar surface area (TPSA) is 38.5 Å². The molecule has 0 aromatic carbocycles. The zero-order valence-electron chi connectivity index (χ0n) is 11.4. The van der Waals surface area contributed by atoms with E-state index in [4.69, 9.17) is 10.5 Å². The van der Waals surface area contributed by atoms with Crippen LogP contribution in [0.25, 0.3) is 0 Å². The molecule has 0 saturated heterocycles. The van der Waals surface area contributed by atoms with Gasteiger partial charge in [-0.2, -0.15) is 0 Å². The first-order chi connectivity index (χ1) is 8.20. The van der Waals surface area contributed by atoms with Gasteiger partial charge in [-0.25, -0.2) is 0 Å². The Balaban J connectivity index is 1.78. The summed E-state index contributed by atoms with van der Waals surface area (Å²) in [5, 5.41) is 0. The minimum Gasteiger partial charge on any atom is -0.381 e. The van der Waals surface area contributed by atoms with Gasteiger partial charge in [0.15, 0.2) is 0 Å². The van der Waals surface area contributed by atoms with E-state index >= 15 is 0 Å². The second-order valence-electron chi connectivity index (χ2n) is 5.90. The highest BCUT2D eigenvalue weighted by atomic mass is 16.5. The fourth-order valence-electron chi connectivity index (χ4n) is 3.50. The van der Waals surface area contributed by atoms with Gasteiger partial charge in [0.25, 0.3) is 0 Å². The van der Waals surface area contributed by atoms with Crippen LogP contribution in [0.2, 0.25) is 0 Å².